The van der Waals surface area contributed by atoms with Crippen molar-refractivity contribution in [2.24, 2.45) is 35.3 Å². The molecule has 0 spiro atoms. The number of hydrogen-bond donors (Lipinski definition) is 18. The average Bonchev–Trinajstić information content (AvgIpc) is 1.55. The number of aryl methyl sites for hydroxylation is 1. The third-order valence-electron chi connectivity index (χ3n) is 30.8. The van der Waals surface area contributed by atoms with Crippen LogP contribution < -0.4 is 62.5 Å². The van der Waals surface area contributed by atoms with Gasteiger partial charge in [0.15, 0.2) is 23.9 Å². The second-order valence-electron chi connectivity index (χ2n) is 40.9. The van der Waals surface area contributed by atoms with Crippen molar-refractivity contribution < 1.29 is 132 Å². The fourth-order valence-electron chi connectivity index (χ4n) is 23.7. The number of alkyl carbamates (subject to hydrolysis) is 1. The van der Waals surface area contributed by atoms with E-state index in [1.807, 2.05) is 97.1 Å². The molecule has 7 heterocycles. The SMILES string of the molecule is Cc1cc2ccc1Oc1cc3cc(c1O[C@@H]1O[C@H](CO)[C@@H](O)[C@H](O)[C@H]1O[C@H]1C[C@](C)(NC(=O)OCC4c5ccccc5-c5ccccc54)[C@H](O)[C@H](C)O1)Oc1ccc(cc1Cl)[C@@H](O)[C@@H]1NC(=O)[C@H](NC(=O)[C@@H]3NC(=O)[C@H](CC(N)=O)NC(=O)[C@H](NC(=O)[C@@H](CC(C)C)N(C)C(=O)OCC3c4ccccc4-c4ccccc43)[C@@H]2O)c2ccc3c(c2)-c2c(cc(O)cc2C3(O)O)[C@@H](C(=O)NC2C3CC4CC(C3)CC2C4)NC1=O. The van der Waals surface area contributed by atoms with Crippen molar-refractivity contribution in [3.63, 3.8) is 0 Å². The Morgan fingerprint density at radius 2 is 1.16 bits per heavy atom. The molecule has 14 aliphatic rings. The number of aliphatic hydroxyl groups excluding tert-OH is 6. The molecule has 9 aromatic carbocycles. The van der Waals surface area contributed by atoms with Crippen LogP contribution >= 0.6 is 11.6 Å². The summed E-state index contributed by atoms with van der Waals surface area (Å²) in [6.07, 6.45) is -17.8. The number of halogens is 1. The van der Waals surface area contributed by atoms with Crippen molar-refractivity contribution in [2.45, 2.75) is 219 Å². The zero-order valence-electron chi connectivity index (χ0n) is 80.2. The minimum absolute atomic E-state index is 0.0559. The first kappa shape index (κ1) is 99.7. The number of phenolic OH excluding ortho intramolecular Hbond substituents is 1. The highest BCUT2D eigenvalue weighted by molar-refractivity contribution is 6.32. The summed E-state index contributed by atoms with van der Waals surface area (Å²) >= 11 is 7.40. The minimum atomic E-state index is -3.01. The quantitative estimate of drug-likeness (QED) is 0.0341. The molecular formula is C108H113ClN10O27. The van der Waals surface area contributed by atoms with Crippen molar-refractivity contribution in [1.29, 1.82) is 0 Å². The number of nitrogens with one attached hydrogen (secondary N) is 8. The van der Waals surface area contributed by atoms with Gasteiger partial charge in [0.25, 0.3) is 0 Å². The molecule has 37 nitrogen and oxygen atoms in total. The number of ether oxygens (including phenoxy) is 8. The number of aliphatic hydroxyl groups is 8. The Morgan fingerprint density at radius 1 is 0.589 bits per heavy atom. The van der Waals surface area contributed by atoms with Crippen LogP contribution in [0.2, 0.25) is 5.02 Å². The molecule has 7 aliphatic heterocycles. The van der Waals surface area contributed by atoms with Gasteiger partial charge in [-0.15, -0.1) is 0 Å². The number of fused-ring (bicyclic) bond motifs is 18. The van der Waals surface area contributed by atoms with Crippen molar-refractivity contribution in [3.8, 4) is 67.9 Å². The Kier molecular flexibility index (Phi) is 27.0. The Morgan fingerprint density at radius 3 is 1.75 bits per heavy atom. The summed E-state index contributed by atoms with van der Waals surface area (Å²) in [5.74, 6) is -16.0. The van der Waals surface area contributed by atoms with Crippen LogP contribution in [0.1, 0.15) is 188 Å². The Balaban J connectivity index is 0.702. The summed E-state index contributed by atoms with van der Waals surface area (Å²) in [4.78, 5) is 156. The summed E-state index contributed by atoms with van der Waals surface area (Å²) in [6.45, 7) is 6.71. The van der Waals surface area contributed by atoms with Gasteiger partial charge < -0.3 is 132 Å². The molecule has 2 saturated heterocycles. The standard InChI is InChI=1S/C108H113ClN10O27/c1-47(2)29-75(119(6)106(136)140-46-70-65-21-13-9-17-61(65)62-18-10-14-22-66(62)70)98(129)116-88-90(123)53-24-27-76(48(3)30-53)142-78-38-57-39-79(94(78)146-104-95(93(126)92(125)80(44-120)144-104)145-82-43-107(5,96(127)49(4)141-82)118-105(135)139-45-69-63-19-11-7-15-59(63)60-16-8-12-20-64(60)69)143-77-28-25-54(37-73(77)109)91(124)89-103(134)115-87(101(132)112-84-55-32-50-31-51(34-55)35-56(84)33-50)68-40-58(121)41-72-83(68)67-36-52(23-26-71(67)108(72,137)138)85(99(130)117-89)114-100(131)86(57)113-97(128)74(42-81(110)122)111-102(88)133/h7-28,30,36-41,47,49-51,55-56,69-70,74-75,80,82,84-93,95-96,104,120-121,123-127,137-138H,29,31-35,42-46H2,1-6H3,(H2,110,122)(H,111,133)(H,112,132)(H,113,128)(H,114,131)(H,115,134)(H,116,129)(H,117,130)(H,118,135)/t49-,50?,51?,55?,56?,74-,75+,80+,82-,84?,85+,86+,87-,88+,89-,90+,91+,92+,93-,95+,96+,104-,107-/m0/s1. The summed E-state index contributed by atoms with van der Waals surface area (Å²) in [6, 6.07) is 31.4. The topological polar surface area (TPSA) is 552 Å². The largest absolute Gasteiger partial charge is 0.508 e. The van der Waals surface area contributed by atoms with E-state index >= 15 is 33.6 Å². The second kappa shape index (κ2) is 39.6. The zero-order valence-corrected chi connectivity index (χ0v) is 81.0. The molecule has 10 amide bonds. The van der Waals surface area contributed by atoms with Gasteiger partial charge in [-0.1, -0.05) is 147 Å². The Bertz CT molecular complexity index is 6620. The summed E-state index contributed by atoms with van der Waals surface area (Å²) in [5, 5.41) is 132. The predicted molar refractivity (Wildman–Crippen MR) is 520 cm³/mol. The van der Waals surface area contributed by atoms with Gasteiger partial charge in [-0.05, 0) is 232 Å². The number of nitrogens with zero attached hydrogens (tertiary/aromatic N) is 1. The van der Waals surface area contributed by atoms with Crippen molar-refractivity contribution in [3.05, 3.63) is 248 Å². The predicted octanol–water partition coefficient (Wildman–Crippen LogP) is 7.95. The van der Waals surface area contributed by atoms with Gasteiger partial charge in [0.05, 0.1) is 29.7 Å². The molecule has 0 radical (unpaired) electrons. The highest BCUT2D eigenvalue weighted by Crippen LogP contribution is 2.57. The maximum atomic E-state index is 16.8. The molecule has 0 unspecified atom stereocenters. The van der Waals surface area contributed by atoms with E-state index in [2.05, 4.69) is 42.5 Å². The maximum Gasteiger partial charge on any atom is 0.410 e. The highest BCUT2D eigenvalue weighted by atomic mass is 35.5. The second-order valence-corrected chi connectivity index (χ2v) is 41.3. The van der Waals surface area contributed by atoms with Gasteiger partial charge >= 0.3 is 12.2 Å². The first-order chi connectivity index (χ1) is 69.8. The smallest absolute Gasteiger partial charge is 0.410 e. The maximum absolute atomic E-state index is 16.8. The molecule has 18 atom stereocenters. The van der Waals surface area contributed by atoms with Crippen LogP contribution in [0.3, 0.4) is 0 Å². The number of aromatic hydroxyl groups is 1. The molecule has 15 bridgehead atoms. The molecule has 38 heteroatoms. The first-order valence-electron chi connectivity index (χ1n) is 49.0. The molecule has 6 fully saturated rings. The van der Waals surface area contributed by atoms with Gasteiger partial charge in [-0.25, -0.2) is 9.59 Å². The van der Waals surface area contributed by atoms with Gasteiger partial charge in [0.1, 0.15) is 109 Å². The van der Waals surface area contributed by atoms with Crippen LogP contribution in [0, 0.1) is 36.5 Å². The van der Waals surface area contributed by atoms with Crippen molar-refractivity contribution in [2.75, 3.05) is 26.9 Å². The number of benzene rings is 9. The number of hydrogen-bond acceptors (Lipinski definition) is 27. The lowest BCUT2D eigenvalue weighted by molar-refractivity contribution is -0.334. The Hall–Kier alpha value is -13.7. The van der Waals surface area contributed by atoms with Crippen LogP contribution in [0.4, 0.5) is 9.59 Å². The number of phenols is 1. The monoisotopic (exact) mass is 2020 g/mol. The zero-order chi connectivity index (χ0) is 103. The van der Waals surface area contributed by atoms with Crippen LogP contribution in [-0.4, -0.2) is 222 Å². The number of likely N-dealkylation sites (N-methyl/N-ethyl adjacent to an activating group) is 1. The van der Waals surface area contributed by atoms with Crippen LogP contribution in [0.15, 0.2) is 176 Å². The summed E-state index contributed by atoms with van der Waals surface area (Å²) in [7, 11) is 1.32. The molecule has 23 rings (SSSR count). The van der Waals surface area contributed by atoms with E-state index in [4.69, 9.17) is 55.2 Å². The molecule has 9 aromatic rings. The third-order valence-corrected chi connectivity index (χ3v) is 31.1. The number of amides is 10. The molecule has 4 saturated carbocycles. The molecular weight excluding hydrogens is 1900 g/mol. The normalized spacial score (nSPS) is 28.8. The molecule has 0 aromatic heterocycles. The summed E-state index contributed by atoms with van der Waals surface area (Å²) in [5.41, 5.74) is 9.76. The lowest BCUT2D eigenvalue weighted by Crippen LogP contribution is -2.66. The number of primary amides is 1. The lowest BCUT2D eigenvalue weighted by atomic mass is 9.54. The fraction of sp³-hybridized carbons (Fsp3) is 0.407. The highest BCUT2D eigenvalue weighted by Gasteiger charge is 2.56. The van der Waals surface area contributed by atoms with Crippen molar-refractivity contribution in [1.82, 2.24) is 47.4 Å². The van der Waals surface area contributed by atoms with E-state index < -0.39 is 233 Å². The van der Waals surface area contributed by atoms with Crippen LogP contribution in [0.25, 0.3) is 33.4 Å². The van der Waals surface area contributed by atoms with E-state index in [9.17, 15) is 60.3 Å². The van der Waals surface area contributed by atoms with E-state index in [-0.39, 0.29) is 111 Å². The fourth-order valence-corrected chi connectivity index (χ4v) is 23.9. The van der Waals surface area contributed by atoms with Gasteiger partial charge in [0.2, 0.25) is 65.1 Å². The van der Waals surface area contributed by atoms with E-state index in [0.717, 1.165) is 112 Å². The molecule has 19 N–H and O–H groups in total. The molecule has 7 aliphatic carbocycles. The van der Waals surface area contributed by atoms with Crippen LogP contribution in [0.5, 0.6) is 34.5 Å². The lowest BCUT2D eigenvalue weighted by Gasteiger charge is -2.54. The minimum Gasteiger partial charge on any atom is -0.508 e. The van der Waals surface area contributed by atoms with E-state index in [1.54, 1.807) is 13.8 Å². The van der Waals surface area contributed by atoms with Crippen LogP contribution in [-0.2, 0) is 67.8 Å². The van der Waals surface area contributed by atoms with Gasteiger partial charge in [-0.2, -0.15) is 0 Å². The van der Waals surface area contributed by atoms with E-state index in [1.165, 1.54) is 76.3 Å². The number of nitrogens with two attached hydrogens (primary N) is 1. The van der Waals surface area contributed by atoms with E-state index in [0.29, 0.717) is 11.8 Å². The molecule has 764 valence electrons. The molecule has 146 heavy (non-hydrogen) atoms. The van der Waals surface area contributed by atoms with Crippen molar-refractivity contribution >= 4 is 71.0 Å². The number of carbonyl (C=O) groups is 10. The average molecular weight is 2020 g/mol. The number of carbonyl (C=O) groups excluding carboxylic acids is 10. The van der Waals surface area contributed by atoms with Gasteiger partial charge in [-0.3, -0.25) is 43.3 Å². The third kappa shape index (κ3) is 18.7. The van der Waals surface area contributed by atoms with Gasteiger partial charge in [0, 0.05) is 42.5 Å². The first-order valence-corrected chi connectivity index (χ1v) is 49.4. The number of rotatable bonds is 19. The summed E-state index contributed by atoms with van der Waals surface area (Å²) < 4.78 is 52.4. The Labute approximate surface area is 842 Å².